The van der Waals surface area contributed by atoms with E-state index in [9.17, 15) is 4.79 Å². The Morgan fingerprint density at radius 3 is 2.67 bits per heavy atom. The van der Waals surface area contributed by atoms with Gasteiger partial charge in [0.2, 0.25) is 0 Å². The normalized spacial score (nSPS) is 12.1. The number of hydrogen-bond donors (Lipinski definition) is 0. The van der Waals surface area contributed by atoms with Crippen molar-refractivity contribution in [1.82, 2.24) is 10.1 Å². The van der Waals surface area contributed by atoms with Gasteiger partial charge in [-0.25, -0.2) is 0 Å². The van der Waals surface area contributed by atoms with Crippen molar-refractivity contribution in [2.75, 3.05) is 7.05 Å². The van der Waals surface area contributed by atoms with E-state index in [1.807, 2.05) is 55.5 Å². The first-order chi connectivity index (χ1) is 11.5. The summed E-state index contributed by atoms with van der Waals surface area (Å²) in [6.45, 7) is 3.96. The lowest BCUT2D eigenvalue weighted by Gasteiger charge is -2.21. The van der Waals surface area contributed by atoms with E-state index in [-0.39, 0.29) is 5.91 Å². The number of amides is 1. The number of nitrogens with zero attached hydrogens (tertiary/aromatic N) is 2. The van der Waals surface area contributed by atoms with E-state index in [2.05, 4.69) is 5.16 Å². The number of likely N-dealkylation sites (N-methyl/N-ethyl adjacent to an activating group) is 1. The van der Waals surface area contributed by atoms with E-state index in [0.29, 0.717) is 18.1 Å². The van der Waals surface area contributed by atoms with Crippen LogP contribution in [0, 0.1) is 6.92 Å². The van der Waals surface area contributed by atoms with Crippen molar-refractivity contribution in [2.24, 2.45) is 0 Å². The molecule has 1 heterocycles. The summed E-state index contributed by atoms with van der Waals surface area (Å²) >= 11 is 0. The molecular formula is C19H20N2O3. The van der Waals surface area contributed by atoms with E-state index >= 15 is 0 Å². The smallest absolute Gasteiger partial charge is 0.263 e. The first-order valence-electron chi connectivity index (χ1n) is 7.85. The lowest BCUT2D eigenvalue weighted by Crippen LogP contribution is -2.37. The van der Waals surface area contributed by atoms with E-state index in [1.165, 1.54) is 0 Å². The molecule has 0 N–H and O–H groups in total. The van der Waals surface area contributed by atoms with Gasteiger partial charge in [0.1, 0.15) is 5.75 Å². The van der Waals surface area contributed by atoms with Gasteiger partial charge < -0.3 is 14.2 Å². The van der Waals surface area contributed by atoms with Gasteiger partial charge in [-0.15, -0.1) is 0 Å². The molecule has 0 unspecified atom stereocenters. The SMILES string of the molecule is Cc1cc(CN(C)C(=O)[C@@H](C)Oc2ccc3ccccc3c2)on1. The molecule has 0 aliphatic carbocycles. The van der Waals surface area contributed by atoms with Crippen LogP contribution in [0.5, 0.6) is 5.75 Å². The minimum Gasteiger partial charge on any atom is -0.481 e. The summed E-state index contributed by atoms with van der Waals surface area (Å²) in [5.41, 5.74) is 0.798. The van der Waals surface area contributed by atoms with Crippen LogP contribution in [0.25, 0.3) is 10.8 Å². The van der Waals surface area contributed by atoms with Crippen molar-refractivity contribution in [3.8, 4) is 5.75 Å². The van der Waals surface area contributed by atoms with Gasteiger partial charge in [-0.05, 0) is 36.8 Å². The van der Waals surface area contributed by atoms with Crippen molar-refractivity contribution in [2.45, 2.75) is 26.5 Å². The fourth-order valence-corrected chi connectivity index (χ4v) is 2.61. The molecule has 5 heteroatoms. The van der Waals surface area contributed by atoms with Crippen LogP contribution in [-0.2, 0) is 11.3 Å². The van der Waals surface area contributed by atoms with Crippen molar-refractivity contribution < 1.29 is 14.1 Å². The topological polar surface area (TPSA) is 55.6 Å². The average molecular weight is 324 g/mol. The molecule has 5 nitrogen and oxygen atoms in total. The Kier molecular flexibility index (Phi) is 4.51. The lowest BCUT2D eigenvalue weighted by atomic mass is 10.1. The monoisotopic (exact) mass is 324 g/mol. The van der Waals surface area contributed by atoms with Gasteiger partial charge >= 0.3 is 0 Å². The Balaban J connectivity index is 1.66. The summed E-state index contributed by atoms with van der Waals surface area (Å²) in [5, 5.41) is 6.05. The van der Waals surface area contributed by atoms with Gasteiger partial charge in [-0.2, -0.15) is 0 Å². The summed E-state index contributed by atoms with van der Waals surface area (Å²) < 4.78 is 11.0. The van der Waals surface area contributed by atoms with Crippen LogP contribution in [0.1, 0.15) is 18.4 Å². The zero-order chi connectivity index (χ0) is 17.1. The van der Waals surface area contributed by atoms with Crippen molar-refractivity contribution >= 4 is 16.7 Å². The van der Waals surface area contributed by atoms with Gasteiger partial charge in [0, 0.05) is 13.1 Å². The second-order valence-electron chi connectivity index (χ2n) is 5.90. The van der Waals surface area contributed by atoms with Crippen molar-refractivity contribution in [3.05, 3.63) is 60.0 Å². The Morgan fingerprint density at radius 1 is 1.21 bits per heavy atom. The quantitative estimate of drug-likeness (QED) is 0.720. The number of benzene rings is 2. The molecule has 1 amide bonds. The summed E-state index contributed by atoms with van der Waals surface area (Å²) in [4.78, 5) is 14.0. The third-order valence-corrected chi connectivity index (χ3v) is 3.83. The molecule has 0 spiro atoms. The van der Waals surface area contributed by atoms with Gasteiger partial charge in [-0.1, -0.05) is 35.5 Å². The van der Waals surface area contributed by atoms with Crippen LogP contribution in [0.3, 0.4) is 0 Å². The maximum atomic E-state index is 12.5. The maximum absolute atomic E-state index is 12.5. The predicted octanol–water partition coefficient (Wildman–Crippen LogP) is 3.56. The third kappa shape index (κ3) is 3.56. The maximum Gasteiger partial charge on any atom is 0.263 e. The largest absolute Gasteiger partial charge is 0.481 e. The molecular weight excluding hydrogens is 304 g/mol. The summed E-state index contributed by atoms with van der Waals surface area (Å²) in [6, 6.07) is 15.7. The molecule has 0 fully saturated rings. The molecule has 3 rings (SSSR count). The fraction of sp³-hybridized carbons (Fsp3) is 0.263. The number of rotatable bonds is 5. The van der Waals surface area contributed by atoms with Gasteiger partial charge in [0.15, 0.2) is 11.9 Å². The number of aryl methyl sites for hydroxylation is 1. The number of fused-ring (bicyclic) bond motifs is 1. The summed E-state index contributed by atoms with van der Waals surface area (Å²) in [6.07, 6.45) is -0.583. The van der Waals surface area contributed by atoms with E-state index in [4.69, 9.17) is 9.26 Å². The Bertz CT molecular complexity index is 856. The zero-order valence-corrected chi connectivity index (χ0v) is 14.0. The van der Waals surface area contributed by atoms with Crippen LogP contribution in [-0.4, -0.2) is 29.1 Å². The minimum atomic E-state index is -0.583. The average Bonchev–Trinajstić information content (AvgIpc) is 2.98. The lowest BCUT2D eigenvalue weighted by molar-refractivity contribution is -0.137. The van der Waals surface area contributed by atoms with Gasteiger partial charge in [0.05, 0.1) is 12.2 Å². The first-order valence-corrected chi connectivity index (χ1v) is 7.85. The van der Waals surface area contributed by atoms with Crippen molar-refractivity contribution in [1.29, 1.82) is 0 Å². The van der Waals surface area contributed by atoms with Crippen LogP contribution in [0.15, 0.2) is 53.1 Å². The molecule has 24 heavy (non-hydrogen) atoms. The Labute approximate surface area is 140 Å². The molecule has 0 saturated carbocycles. The Hall–Kier alpha value is -2.82. The summed E-state index contributed by atoms with van der Waals surface area (Å²) in [7, 11) is 1.72. The fourth-order valence-electron chi connectivity index (χ4n) is 2.61. The molecule has 124 valence electrons. The molecule has 0 aliphatic rings. The second kappa shape index (κ2) is 6.74. The van der Waals surface area contributed by atoms with Crippen LogP contribution >= 0.6 is 0 Å². The zero-order valence-electron chi connectivity index (χ0n) is 14.0. The molecule has 1 aromatic heterocycles. The molecule has 0 radical (unpaired) electrons. The third-order valence-electron chi connectivity index (χ3n) is 3.83. The first kappa shape index (κ1) is 16.1. The number of hydrogen-bond acceptors (Lipinski definition) is 4. The van der Waals surface area contributed by atoms with E-state index in [1.54, 1.807) is 18.9 Å². The molecule has 2 aromatic carbocycles. The molecule has 0 saturated heterocycles. The number of carbonyl (C=O) groups is 1. The molecule has 1 atom stereocenters. The standard InChI is InChI=1S/C19H20N2O3/c1-13-10-18(24-20-13)12-21(3)19(22)14(2)23-17-9-8-15-6-4-5-7-16(15)11-17/h4-11,14H,12H2,1-3H3/t14-/m1/s1. The van der Waals surface area contributed by atoms with Crippen LogP contribution < -0.4 is 4.74 Å². The van der Waals surface area contributed by atoms with Gasteiger partial charge in [0.25, 0.3) is 5.91 Å². The molecule has 0 bridgehead atoms. The van der Waals surface area contributed by atoms with E-state index in [0.717, 1.165) is 16.5 Å². The number of aromatic nitrogens is 1. The highest BCUT2D eigenvalue weighted by molar-refractivity contribution is 5.84. The van der Waals surface area contributed by atoms with Crippen LogP contribution in [0.2, 0.25) is 0 Å². The van der Waals surface area contributed by atoms with Crippen LogP contribution in [0.4, 0.5) is 0 Å². The number of carbonyl (C=O) groups excluding carboxylic acids is 1. The highest BCUT2D eigenvalue weighted by atomic mass is 16.5. The predicted molar refractivity (Wildman–Crippen MR) is 91.8 cm³/mol. The van der Waals surface area contributed by atoms with Gasteiger partial charge in [-0.3, -0.25) is 4.79 Å². The van der Waals surface area contributed by atoms with Crippen molar-refractivity contribution in [3.63, 3.8) is 0 Å². The second-order valence-corrected chi connectivity index (χ2v) is 5.90. The Morgan fingerprint density at radius 2 is 1.96 bits per heavy atom. The molecule has 3 aromatic rings. The number of ether oxygens (including phenoxy) is 1. The highest BCUT2D eigenvalue weighted by Gasteiger charge is 2.20. The summed E-state index contributed by atoms with van der Waals surface area (Å²) in [5.74, 6) is 1.22. The minimum absolute atomic E-state index is 0.114. The highest BCUT2D eigenvalue weighted by Crippen LogP contribution is 2.21. The molecule has 0 aliphatic heterocycles. The van der Waals surface area contributed by atoms with E-state index < -0.39 is 6.10 Å².